The number of ether oxygens (including phenoxy) is 2. The van der Waals surface area contributed by atoms with Gasteiger partial charge in [-0.25, -0.2) is 0 Å². The van der Waals surface area contributed by atoms with Crippen LogP contribution in [0.1, 0.15) is 31.0 Å². The van der Waals surface area contributed by atoms with Crippen LogP contribution in [0.25, 0.3) is 5.76 Å². The van der Waals surface area contributed by atoms with Crippen molar-refractivity contribution >= 4 is 23.4 Å². The Morgan fingerprint density at radius 1 is 1.03 bits per heavy atom. The number of nitrogens with two attached hydrogens (primary N) is 1. The number of aliphatic hydroxyl groups is 1. The number of Topliss-reactive ketones (excluding diaryl/α,β-unsaturated/α-hetero) is 1. The summed E-state index contributed by atoms with van der Waals surface area (Å²) >= 11 is 0. The molecule has 2 aromatic rings. The van der Waals surface area contributed by atoms with Crippen molar-refractivity contribution in [1.29, 1.82) is 0 Å². The molecule has 0 bridgehead atoms. The largest absolute Gasteiger partial charge is 0.507 e. The number of carbonyl (C=O) groups is 3. The molecule has 1 fully saturated rings. The van der Waals surface area contributed by atoms with Gasteiger partial charge < -0.3 is 30.1 Å². The predicted octanol–water partition coefficient (Wildman–Crippen LogP) is 2.57. The molecule has 3 rings (SSSR count). The maximum absolute atomic E-state index is 13.1. The zero-order valence-corrected chi connectivity index (χ0v) is 21.1. The van der Waals surface area contributed by atoms with Crippen LogP contribution in [0.5, 0.6) is 11.5 Å². The molecule has 0 radical (unpaired) electrons. The molecule has 0 spiro atoms. The third-order valence-electron chi connectivity index (χ3n) is 5.62. The first kappa shape index (κ1) is 26.7. The lowest BCUT2D eigenvalue weighted by Gasteiger charge is -2.26. The van der Waals surface area contributed by atoms with Crippen molar-refractivity contribution in [3.63, 3.8) is 0 Å². The van der Waals surface area contributed by atoms with Gasteiger partial charge in [-0.2, -0.15) is 0 Å². The van der Waals surface area contributed by atoms with Gasteiger partial charge in [0.2, 0.25) is 0 Å². The molecule has 1 unspecified atom stereocenters. The lowest BCUT2D eigenvalue weighted by Crippen LogP contribution is -2.35. The first-order chi connectivity index (χ1) is 17.1. The highest BCUT2D eigenvalue weighted by Crippen LogP contribution is 2.39. The summed E-state index contributed by atoms with van der Waals surface area (Å²) in [5, 5.41) is 11.2. The number of hydrogen-bond donors (Lipinski definition) is 2. The maximum atomic E-state index is 13.1. The zero-order valence-electron chi connectivity index (χ0n) is 21.1. The number of ketones is 1. The molecule has 0 aliphatic carbocycles. The first-order valence-electron chi connectivity index (χ1n) is 11.8. The monoisotopic (exact) mass is 495 g/mol. The highest BCUT2D eigenvalue weighted by molar-refractivity contribution is 6.46. The number of nitrogens with zero attached hydrogens (tertiary/aromatic N) is 2. The van der Waals surface area contributed by atoms with Crippen molar-refractivity contribution < 1.29 is 29.0 Å². The second kappa shape index (κ2) is 11.7. The summed E-state index contributed by atoms with van der Waals surface area (Å²) in [5.74, 6) is -0.843. The molecule has 1 atom stereocenters. The standard InChI is InChI=1S/C27H33N3O6/c1-17(2)15-35-20-11-7-19(8-12-20)25(32)23-24(30(14-13-29(3)4)27(34)26(23)33)18-5-9-21(10-6-18)36-16-22(28)31/h5-12,17,24,32H,13-16H2,1-4H3,(H2,28,31). The van der Waals surface area contributed by atoms with E-state index in [1.54, 1.807) is 48.5 Å². The van der Waals surface area contributed by atoms with Crippen molar-refractivity contribution in [3.8, 4) is 11.5 Å². The van der Waals surface area contributed by atoms with E-state index in [4.69, 9.17) is 15.2 Å². The van der Waals surface area contributed by atoms with Crippen molar-refractivity contribution in [1.82, 2.24) is 9.80 Å². The third kappa shape index (κ3) is 6.42. The van der Waals surface area contributed by atoms with Gasteiger partial charge in [0, 0.05) is 18.7 Å². The molecular formula is C27H33N3O6. The summed E-state index contributed by atoms with van der Waals surface area (Å²) in [5.41, 5.74) is 6.17. The Morgan fingerprint density at radius 2 is 1.61 bits per heavy atom. The Hall–Kier alpha value is -3.85. The summed E-state index contributed by atoms with van der Waals surface area (Å²) in [4.78, 5) is 40.5. The Labute approximate surface area is 211 Å². The van der Waals surface area contributed by atoms with Crippen molar-refractivity contribution in [2.75, 3.05) is 40.4 Å². The number of carbonyl (C=O) groups excluding carboxylic acids is 3. The molecule has 1 heterocycles. The van der Waals surface area contributed by atoms with Gasteiger partial charge in [0.1, 0.15) is 17.3 Å². The van der Waals surface area contributed by atoms with Crippen LogP contribution in [0.15, 0.2) is 54.1 Å². The predicted molar refractivity (Wildman–Crippen MR) is 135 cm³/mol. The van der Waals surface area contributed by atoms with E-state index in [2.05, 4.69) is 0 Å². The summed E-state index contributed by atoms with van der Waals surface area (Å²) in [6.07, 6.45) is 0. The average molecular weight is 496 g/mol. The van der Waals surface area contributed by atoms with E-state index in [0.29, 0.717) is 48.2 Å². The fraction of sp³-hybridized carbons (Fsp3) is 0.370. The van der Waals surface area contributed by atoms with Gasteiger partial charge in [-0.1, -0.05) is 26.0 Å². The van der Waals surface area contributed by atoms with Crippen LogP contribution in [0, 0.1) is 5.92 Å². The summed E-state index contributed by atoms with van der Waals surface area (Å²) in [7, 11) is 3.75. The molecular weight excluding hydrogens is 462 g/mol. The maximum Gasteiger partial charge on any atom is 0.295 e. The minimum absolute atomic E-state index is 0.0143. The second-order valence-electron chi connectivity index (χ2n) is 9.35. The van der Waals surface area contributed by atoms with Crippen molar-refractivity contribution in [3.05, 3.63) is 65.2 Å². The Balaban J connectivity index is 1.99. The van der Waals surface area contributed by atoms with E-state index in [-0.39, 0.29) is 17.9 Å². The van der Waals surface area contributed by atoms with Gasteiger partial charge >= 0.3 is 0 Å². The fourth-order valence-corrected chi connectivity index (χ4v) is 3.79. The molecule has 3 N–H and O–H groups in total. The van der Waals surface area contributed by atoms with Gasteiger partial charge in [-0.3, -0.25) is 14.4 Å². The minimum Gasteiger partial charge on any atom is -0.507 e. The van der Waals surface area contributed by atoms with Crippen LogP contribution >= 0.6 is 0 Å². The average Bonchev–Trinajstić information content (AvgIpc) is 3.10. The van der Waals surface area contributed by atoms with Crippen LogP contribution in [-0.2, 0) is 14.4 Å². The fourth-order valence-electron chi connectivity index (χ4n) is 3.79. The Kier molecular flexibility index (Phi) is 8.71. The lowest BCUT2D eigenvalue weighted by atomic mass is 9.95. The number of benzene rings is 2. The third-order valence-corrected chi connectivity index (χ3v) is 5.62. The van der Waals surface area contributed by atoms with Crippen LogP contribution in [0.4, 0.5) is 0 Å². The summed E-state index contributed by atoms with van der Waals surface area (Å²) < 4.78 is 11.0. The van der Waals surface area contributed by atoms with Gasteiger partial charge in [0.25, 0.3) is 17.6 Å². The number of likely N-dealkylation sites (N-methyl/N-ethyl adjacent to an activating group) is 1. The topological polar surface area (TPSA) is 122 Å². The van der Waals surface area contributed by atoms with E-state index >= 15 is 0 Å². The number of likely N-dealkylation sites (tertiary alicyclic amines) is 1. The quantitative estimate of drug-likeness (QED) is 0.279. The van der Waals surface area contributed by atoms with E-state index in [0.717, 1.165) is 0 Å². The smallest absolute Gasteiger partial charge is 0.295 e. The van der Waals surface area contributed by atoms with E-state index < -0.39 is 23.6 Å². The summed E-state index contributed by atoms with van der Waals surface area (Å²) in [6.45, 7) is 5.21. The molecule has 9 nitrogen and oxygen atoms in total. The molecule has 2 amide bonds. The molecule has 36 heavy (non-hydrogen) atoms. The van der Waals surface area contributed by atoms with Gasteiger partial charge in [0.05, 0.1) is 18.2 Å². The highest BCUT2D eigenvalue weighted by atomic mass is 16.5. The first-order valence-corrected chi connectivity index (χ1v) is 11.8. The number of primary amides is 1. The van der Waals surface area contributed by atoms with Gasteiger partial charge in [-0.15, -0.1) is 0 Å². The molecule has 0 saturated carbocycles. The number of aliphatic hydroxyl groups excluding tert-OH is 1. The Bertz CT molecular complexity index is 1120. The molecule has 9 heteroatoms. The SMILES string of the molecule is CC(C)COc1ccc(C(O)=C2C(=O)C(=O)N(CCN(C)C)C2c2ccc(OCC(N)=O)cc2)cc1. The number of amides is 2. The van der Waals surface area contributed by atoms with Crippen LogP contribution in [0.2, 0.25) is 0 Å². The molecule has 1 saturated heterocycles. The molecule has 192 valence electrons. The number of rotatable bonds is 11. The van der Waals surface area contributed by atoms with Crippen molar-refractivity contribution in [2.45, 2.75) is 19.9 Å². The molecule has 1 aliphatic heterocycles. The van der Waals surface area contributed by atoms with Gasteiger partial charge in [0.15, 0.2) is 6.61 Å². The molecule has 1 aliphatic rings. The number of hydrogen-bond acceptors (Lipinski definition) is 7. The van der Waals surface area contributed by atoms with Crippen LogP contribution < -0.4 is 15.2 Å². The summed E-state index contributed by atoms with van der Waals surface area (Å²) in [6, 6.07) is 12.6. The highest BCUT2D eigenvalue weighted by Gasteiger charge is 2.45. The van der Waals surface area contributed by atoms with E-state index in [9.17, 15) is 19.5 Å². The molecule has 0 aromatic heterocycles. The minimum atomic E-state index is -0.785. The van der Waals surface area contributed by atoms with Crippen LogP contribution in [-0.4, -0.2) is 72.9 Å². The van der Waals surface area contributed by atoms with Crippen LogP contribution in [0.3, 0.4) is 0 Å². The normalized spacial score (nSPS) is 17.2. The second-order valence-corrected chi connectivity index (χ2v) is 9.35. The zero-order chi connectivity index (χ0) is 26.4. The van der Waals surface area contributed by atoms with Gasteiger partial charge in [-0.05, 0) is 62.0 Å². The van der Waals surface area contributed by atoms with E-state index in [1.165, 1.54) is 4.90 Å². The molecule has 2 aromatic carbocycles. The Morgan fingerprint density at radius 3 is 2.17 bits per heavy atom. The lowest BCUT2D eigenvalue weighted by molar-refractivity contribution is -0.140. The van der Waals surface area contributed by atoms with Crippen molar-refractivity contribution in [2.24, 2.45) is 11.7 Å². The van der Waals surface area contributed by atoms with E-state index in [1.807, 2.05) is 32.8 Å².